The number of aryl methyl sites for hydroxylation is 2. The largest absolute Gasteiger partial charge is 0.494 e. The molecule has 0 bridgehead atoms. The topological polar surface area (TPSA) is 87.3 Å². The first-order chi connectivity index (χ1) is 16.0. The average Bonchev–Trinajstić information content (AvgIpc) is 3.40. The number of thiophene rings is 1. The van der Waals surface area contributed by atoms with Gasteiger partial charge in [0, 0.05) is 22.8 Å². The minimum absolute atomic E-state index is 0.0510. The van der Waals surface area contributed by atoms with E-state index in [-0.39, 0.29) is 11.2 Å². The Kier molecular flexibility index (Phi) is 5.90. The molecule has 1 aliphatic rings. The van der Waals surface area contributed by atoms with Crippen LogP contribution in [0.1, 0.15) is 29.3 Å². The number of ether oxygens (including phenoxy) is 1. The number of nitrogens with zero attached hydrogens (tertiary/aromatic N) is 3. The first-order valence-electron chi connectivity index (χ1n) is 10.7. The van der Waals surface area contributed by atoms with E-state index in [9.17, 15) is 14.9 Å². The van der Waals surface area contributed by atoms with Crippen LogP contribution in [-0.4, -0.2) is 21.1 Å². The summed E-state index contributed by atoms with van der Waals surface area (Å²) < 4.78 is 7.21. The number of hydrogen-bond donors (Lipinski definition) is 0. The smallest absolute Gasteiger partial charge is 0.269 e. The molecule has 2 heterocycles. The van der Waals surface area contributed by atoms with Gasteiger partial charge in [0.15, 0.2) is 5.16 Å². The Balaban J connectivity index is 1.59. The number of hydrogen-bond acceptors (Lipinski definition) is 7. The van der Waals surface area contributed by atoms with Crippen molar-refractivity contribution in [2.24, 2.45) is 0 Å². The highest BCUT2D eigenvalue weighted by Crippen LogP contribution is 2.36. The Morgan fingerprint density at radius 1 is 1.21 bits per heavy atom. The predicted molar refractivity (Wildman–Crippen MR) is 131 cm³/mol. The molecule has 0 amide bonds. The molecule has 9 heteroatoms. The second kappa shape index (κ2) is 8.99. The minimum Gasteiger partial charge on any atom is -0.494 e. The zero-order valence-corrected chi connectivity index (χ0v) is 19.6. The maximum absolute atomic E-state index is 13.7. The molecule has 1 aliphatic carbocycles. The molecule has 0 aliphatic heterocycles. The van der Waals surface area contributed by atoms with E-state index in [1.54, 1.807) is 28.0 Å². The van der Waals surface area contributed by atoms with Crippen molar-refractivity contribution >= 4 is 39.0 Å². The van der Waals surface area contributed by atoms with Gasteiger partial charge < -0.3 is 4.74 Å². The molecule has 4 aromatic rings. The fourth-order valence-electron chi connectivity index (χ4n) is 4.12. The third-order valence-electron chi connectivity index (χ3n) is 5.60. The van der Waals surface area contributed by atoms with Crippen molar-refractivity contribution in [1.29, 1.82) is 0 Å². The van der Waals surface area contributed by atoms with E-state index in [0.717, 1.165) is 52.0 Å². The first kappa shape index (κ1) is 21.7. The van der Waals surface area contributed by atoms with Crippen LogP contribution in [0.2, 0.25) is 0 Å². The minimum atomic E-state index is -0.401. The molecule has 0 spiro atoms. The van der Waals surface area contributed by atoms with Gasteiger partial charge in [0.05, 0.1) is 22.6 Å². The summed E-state index contributed by atoms with van der Waals surface area (Å²) in [4.78, 5) is 31.4. The molecule has 0 fully saturated rings. The van der Waals surface area contributed by atoms with Crippen LogP contribution in [0.25, 0.3) is 15.9 Å². The third-order valence-corrected chi connectivity index (χ3v) is 7.80. The summed E-state index contributed by atoms with van der Waals surface area (Å²) in [7, 11) is 0. The normalized spacial score (nSPS) is 12.8. The highest BCUT2D eigenvalue weighted by Gasteiger charge is 2.24. The van der Waals surface area contributed by atoms with Gasteiger partial charge in [0.2, 0.25) is 0 Å². The summed E-state index contributed by atoms with van der Waals surface area (Å²) >= 11 is 3.01. The van der Waals surface area contributed by atoms with Crippen LogP contribution in [-0.2, 0) is 18.6 Å². The Labute approximate surface area is 198 Å². The van der Waals surface area contributed by atoms with Crippen LogP contribution in [0.3, 0.4) is 0 Å². The number of nitro groups is 1. The molecule has 168 valence electrons. The first-order valence-corrected chi connectivity index (χ1v) is 12.5. The van der Waals surface area contributed by atoms with Crippen molar-refractivity contribution in [2.75, 3.05) is 6.61 Å². The van der Waals surface area contributed by atoms with Gasteiger partial charge in [0.25, 0.3) is 11.2 Å². The monoisotopic (exact) mass is 479 g/mol. The summed E-state index contributed by atoms with van der Waals surface area (Å²) in [5.74, 6) is 1.20. The second-order valence-corrected chi connectivity index (χ2v) is 9.74. The number of non-ortho nitro benzene ring substituents is 1. The highest BCUT2D eigenvalue weighted by atomic mass is 32.2. The van der Waals surface area contributed by atoms with E-state index in [0.29, 0.717) is 17.5 Å². The van der Waals surface area contributed by atoms with E-state index in [4.69, 9.17) is 9.72 Å². The highest BCUT2D eigenvalue weighted by molar-refractivity contribution is 7.98. The molecule has 0 saturated carbocycles. The molecule has 0 radical (unpaired) electrons. The molecule has 7 nitrogen and oxygen atoms in total. The van der Waals surface area contributed by atoms with Crippen LogP contribution in [0.15, 0.2) is 58.5 Å². The molecule has 5 rings (SSSR count). The standard InChI is InChI=1S/C24H21N3O4S2/c1-2-31-18-11-9-16(10-12-18)26-23(28)21-19-7-4-8-20(19)33-22(21)25-24(26)32-14-15-5-3-6-17(13-15)27(29)30/h3,5-6,9-13H,2,4,7-8,14H2,1H3. The van der Waals surface area contributed by atoms with Crippen molar-refractivity contribution < 1.29 is 9.66 Å². The number of aromatic nitrogens is 2. The summed E-state index contributed by atoms with van der Waals surface area (Å²) in [6, 6.07) is 14.0. The Morgan fingerprint density at radius 3 is 2.79 bits per heavy atom. The lowest BCUT2D eigenvalue weighted by atomic mass is 10.2. The van der Waals surface area contributed by atoms with Crippen LogP contribution in [0, 0.1) is 10.1 Å². The van der Waals surface area contributed by atoms with Crippen LogP contribution in [0.4, 0.5) is 5.69 Å². The molecule has 0 saturated heterocycles. The number of rotatable bonds is 7. The zero-order valence-electron chi connectivity index (χ0n) is 17.9. The average molecular weight is 480 g/mol. The van der Waals surface area contributed by atoms with Crippen molar-refractivity contribution in [3.8, 4) is 11.4 Å². The van der Waals surface area contributed by atoms with E-state index >= 15 is 0 Å². The lowest BCUT2D eigenvalue weighted by Gasteiger charge is -2.13. The molecule has 2 aromatic heterocycles. The molecule has 0 atom stereocenters. The number of fused-ring (bicyclic) bond motifs is 3. The van der Waals surface area contributed by atoms with Gasteiger partial charge in [0.1, 0.15) is 10.6 Å². The quantitative estimate of drug-likeness (QED) is 0.150. The van der Waals surface area contributed by atoms with Gasteiger partial charge in [-0.3, -0.25) is 19.5 Å². The van der Waals surface area contributed by atoms with Gasteiger partial charge >= 0.3 is 0 Å². The SMILES string of the molecule is CCOc1ccc(-n2c(SCc3cccc([N+](=O)[O-])c3)nc3sc4c(c3c2=O)CCC4)cc1. The second-order valence-electron chi connectivity index (χ2n) is 7.72. The Bertz CT molecular complexity index is 1410. The predicted octanol–water partition coefficient (Wildman–Crippen LogP) is 5.54. The van der Waals surface area contributed by atoms with Crippen LogP contribution >= 0.6 is 23.1 Å². The fourth-order valence-corrected chi connectivity index (χ4v) is 6.37. The van der Waals surface area contributed by atoms with Crippen molar-refractivity contribution in [1.82, 2.24) is 9.55 Å². The summed E-state index contributed by atoms with van der Waals surface area (Å²) in [5, 5.41) is 12.4. The number of nitro benzene ring substituents is 1. The van der Waals surface area contributed by atoms with Crippen molar-refractivity contribution in [3.05, 3.63) is 85.0 Å². The molecular weight excluding hydrogens is 458 g/mol. The molecular formula is C24H21N3O4S2. The van der Waals surface area contributed by atoms with Gasteiger partial charge in [-0.2, -0.15) is 0 Å². The molecule has 0 N–H and O–H groups in total. The Hall–Kier alpha value is -3.17. The van der Waals surface area contributed by atoms with E-state index in [2.05, 4.69) is 0 Å². The van der Waals surface area contributed by atoms with Gasteiger partial charge in [-0.1, -0.05) is 23.9 Å². The van der Waals surface area contributed by atoms with Crippen molar-refractivity contribution in [2.45, 2.75) is 37.1 Å². The van der Waals surface area contributed by atoms with Gasteiger partial charge in [-0.15, -0.1) is 11.3 Å². The number of thioether (sulfide) groups is 1. The maximum Gasteiger partial charge on any atom is 0.269 e. The van der Waals surface area contributed by atoms with Crippen molar-refractivity contribution in [3.63, 3.8) is 0 Å². The van der Waals surface area contributed by atoms with Crippen LogP contribution in [0.5, 0.6) is 5.75 Å². The third kappa shape index (κ3) is 4.14. The van der Waals surface area contributed by atoms with E-state index in [1.165, 1.54) is 22.7 Å². The fraction of sp³-hybridized carbons (Fsp3) is 0.250. The summed E-state index contributed by atoms with van der Waals surface area (Å²) in [5.41, 5.74) is 2.65. The lowest BCUT2D eigenvalue weighted by Crippen LogP contribution is -2.21. The summed E-state index contributed by atoms with van der Waals surface area (Å²) in [6.45, 7) is 2.49. The Morgan fingerprint density at radius 2 is 2.03 bits per heavy atom. The van der Waals surface area contributed by atoms with Gasteiger partial charge in [-0.05, 0) is 61.6 Å². The maximum atomic E-state index is 13.7. The summed E-state index contributed by atoms with van der Waals surface area (Å²) in [6.07, 6.45) is 2.98. The number of benzene rings is 2. The molecule has 2 aromatic carbocycles. The van der Waals surface area contributed by atoms with E-state index in [1.807, 2.05) is 37.3 Å². The van der Waals surface area contributed by atoms with Crippen LogP contribution < -0.4 is 10.3 Å². The lowest BCUT2D eigenvalue weighted by molar-refractivity contribution is -0.384. The molecule has 0 unspecified atom stereocenters. The zero-order chi connectivity index (χ0) is 22.9. The van der Waals surface area contributed by atoms with Gasteiger partial charge in [-0.25, -0.2) is 4.98 Å². The molecule has 33 heavy (non-hydrogen) atoms. The van der Waals surface area contributed by atoms with E-state index < -0.39 is 4.92 Å².